The van der Waals surface area contributed by atoms with E-state index in [-0.39, 0.29) is 21.1 Å². The zero-order valence-corrected chi connectivity index (χ0v) is 19.3. The first-order chi connectivity index (χ1) is 10.7. The molecule has 0 amide bonds. The summed E-state index contributed by atoms with van der Waals surface area (Å²) < 4.78 is 0. The summed E-state index contributed by atoms with van der Waals surface area (Å²) in [6, 6.07) is 7.60. The quantitative estimate of drug-likeness (QED) is 0.516. The van der Waals surface area contributed by atoms with Gasteiger partial charge in [0, 0.05) is 21.1 Å². The predicted octanol–water partition coefficient (Wildman–Crippen LogP) is 5.12. The van der Waals surface area contributed by atoms with E-state index in [2.05, 4.69) is 18.7 Å². The average Bonchev–Trinajstić information content (AvgIpc) is 2.60. The van der Waals surface area contributed by atoms with E-state index in [1.807, 2.05) is 73.1 Å². The Morgan fingerprint density at radius 3 is 2.00 bits per heavy atom. The van der Waals surface area contributed by atoms with Crippen LogP contribution in [0, 0.1) is 12.8 Å². The molecule has 0 N–H and O–H groups in total. The first kappa shape index (κ1) is 30.4. The molecule has 0 radical (unpaired) electrons. The van der Waals surface area contributed by atoms with Crippen LogP contribution in [0.1, 0.15) is 59.6 Å². The first-order valence-corrected chi connectivity index (χ1v) is 8.42. The molecule has 0 spiro atoms. The summed E-state index contributed by atoms with van der Waals surface area (Å²) in [6.07, 6.45) is 2.81. The van der Waals surface area contributed by atoms with E-state index < -0.39 is 0 Å². The maximum Gasteiger partial charge on any atom is 0.0628 e. The minimum Gasteiger partial charge on any atom is -0.376 e. The van der Waals surface area contributed by atoms with Gasteiger partial charge in [-0.1, -0.05) is 47.6 Å². The summed E-state index contributed by atoms with van der Waals surface area (Å²) in [4.78, 5) is 12.9. The van der Waals surface area contributed by atoms with Crippen LogP contribution in [0.3, 0.4) is 0 Å². The summed E-state index contributed by atoms with van der Waals surface area (Å²) in [5, 5.41) is 0. The summed E-state index contributed by atoms with van der Waals surface area (Å²) in [7, 11) is 2.04. The van der Waals surface area contributed by atoms with Crippen LogP contribution in [0.5, 0.6) is 0 Å². The molecule has 1 aromatic rings. The van der Waals surface area contributed by atoms with Gasteiger partial charge in [0.1, 0.15) is 0 Å². The fraction of sp³-hybridized carbons (Fsp3) is 0.550. The summed E-state index contributed by atoms with van der Waals surface area (Å²) >= 11 is 0. The van der Waals surface area contributed by atoms with Gasteiger partial charge in [0.15, 0.2) is 0 Å². The summed E-state index contributed by atoms with van der Waals surface area (Å²) in [5.74, 6) is 1.33. The summed E-state index contributed by atoms with van der Waals surface area (Å²) in [6.45, 7) is 19.6. The standard InChI is InChI=1S/C14H18NO.3C2H6.W/c1-4-15(3)10-12(2)9-13-7-5-6-8-14(13)11-16;3*1-2;/h5-8H,1,4,9-10H2,2-3H3;3*1-2H3;/q-3;;;;. The molecule has 0 unspecified atom stereocenters. The van der Waals surface area contributed by atoms with E-state index in [9.17, 15) is 4.79 Å². The van der Waals surface area contributed by atoms with Crippen molar-refractivity contribution in [1.82, 2.24) is 4.90 Å². The molecule has 3 heteroatoms. The molecule has 0 aliphatic rings. The summed E-state index contributed by atoms with van der Waals surface area (Å²) in [5.41, 5.74) is 1.71. The SMILES string of the molecule is CC.CC.CC.[CH2-]CN(C)C[C-](C)Cc1ccccc1[C-]=O.[W]. The monoisotopic (exact) mass is 490 g/mol. The van der Waals surface area contributed by atoms with Gasteiger partial charge in [0.2, 0.25) is 0 Å². The van der Waals surface area contributed by atoms with Crippen LogP contribution in [0.4, 0.5) is 0 Å². The molecule has 0 bridgehead atoms. The van der Waals surface area contributed by atoms with Crippen molar-refractivity contribution in [1.29, 1.82) is 0 Å². The second-order valence-corrected chi connectivity index (χ2v) is 4.13. The third-order valence-corrected chi connectivity index (χ3v) is 2.54. The number of hydrogen-bond acceptors (Lipinski definition) is 2. The van der Waals surface area contributed by atoms with Crippen molar-refractivity contribution in [2.75, 3.05) is 20.1 Å². The van der Waals surface area contributed by atoms with Gasteiger partial charge in [-0.15, -0.1) is 25.2 Å². The zero-order chi connectivity index (χ0) is 18.0. The molecular weight excluding hydrogens is 454 g/mol. The molecule has 1 rings (SSSR count). The third kappa shape index (κ3) is 16.2. The Labute approximate surface area is 160 Å². The van der Waals surface area contributed by atoms with Crippen molar-refractivity contribution in [3.05, 3.63) is 48.2 Å². The van der Waals surface area contributed by atoms with Crippen molar-refractivity contribution in [3.8, 4) is 0 Å². The Kier molecular flexibility index (Phi) is 31.5. The Morgan fingerprint density at radius 1 is 1.09 bits per heavy atom. The second-order valence-electron chi connectivity index (χ2n) is 4.13. The average molecular weight is 490 g/mol. The van der Waals surface area contributed by atoms with E-state index in [1.54, 1.807) is 6.07 Å². The number of rotatable bonds is 6. The fourth-order valence-electron chi connectivity index (χ4n) is 1.69. The Balaban J connectivity index is -0.000000231. The van der Waals surface area contributed by atoms with E-state index >= 15 is 0 Å². The molecule has 0 fully saturated rings. The van der Waals surface area contributed by atoms with Crippen LogP contribution in [0.2, 0.25) is 0 Å². The van der Waals surface area contributed by atoms with Gasteiger partial charge in [-0.3, -0.25) is 0 Å². The second kappa shape index (κ2) is 23.8. The fourth-order valence-corrected chi connectivity index (χ4v) is 1.69. The molecular formula is C20H36NOW-3. The van der Waals surface area contributed by atoms with Crippen molar-refractivity contribution in [2.24, 2.45) is 0 Å². The molecule has 1 aromatic carbocycles. The van der Waals surface area contributed by atoms with Gasteiger partial charge >= 0.3 is 0 Å². The number of benzene rings is 1. The van der Waals surface area contributed by atoms with Crippen LogP contribution in [0.25, 0.3) is 0 Å². The maximum absolute atomic E-state index is 10.7. The molecule has 0 aliphatic heterocycles. The van der Waals surface area contributed by atoms with Gasteiger partial charge in [-0.05, 0) is 7.05 Å². The van der Waals surface area contributed by atoms with E-state index in [4.69, 9.17) is 0 Å². The topological polar surface area (TPSA) is 20.3 Å². The Hall–Kier alpha value is -0.462. The number of nitrogens with zero attached hydrogens (tertiary/aromatic N) is 1. The van der Waals surface area contributed by atoms with Crippen molar-refractivity contribution >= 4 is 6.29 Å². The van der Waals surface area contributed by atoms with Gasteiger partial charge in [-0.2, -0.15) is 30.5 Å². The third-order valence-electron chi connectivity index (χ3n) is 2.54. The molecule has 23 heavy (non-hydrogen) atoms. The molecule has 0 heterocycles. The Bertz CT molecular complexity index is 342. The zero-order valence-electron chi connectivity index (χ0n) is 16.4. The number of carbonyl (C=O) groups excluding carboxylic acids is 1. The molecule has 136 valence electrons. The first-order valence-electron chi connectivity index (χ1n) is 8.42. The van der Waals surface area contributed by atoms with Crippen LogP contribution >= 0.6 is 0 Å². The van der Waals surface area contributed by atoms with E-state index in [0.717, 1.165) is 25.1 Å². The molecule has 0 saturated heterocycles. The van der Waals surface area contributed by atoms with Crippen molar-refractivity contribution < 1.29 is 25.9 Å². The maximum atomic E-state index is 10.7. The molecule has 0 aromatic heterocycles. The minimum absolute atomic E-state index is 0. The van der Waals surface area contributed by atoms with E-state index in [1.165, 1.54) is 5.92 Å². The van der Waals surface area contributed by atoms with Crippen LogP contribution in [-0.4, -0.2) is 31.3 Å². The molecule has 0 atom stereocenters. The molecule has 0 saturated carbocycles. The van der Waals surface area contributed by atoms with Crippen LogP contribution in [0.15, 0.2) is 24.3 Å². The smallest absolute Gasteiger partial charge is 0.0628 e. The van der Waals surface area contributed by atoms with Gasteiger partial charge in [0.25, 0.3) is 0 Å². The van der Waals surface area contributed by atoms with Gasteiger partial charge in [-0.25, -0.2) is 0 Å². The predicted molar refractivity (Wildman–Crippen MR) is 101 cm³/mol. The normalized spacial score (nSPS) is 8.48. The molecule has 2 nitrogen and oxygen atoms in total. The minimum atomic E-state index is 0. The van der Waals surface area contributed by atoms with Gasteiger partial charge < -0.3 is 22.5 Å². The number of hydrogen-bond donors (Lipinski definition) is 0. The van der Waals surface area contributed by atoms with Crippen molar-refractivity contribution in [2.45, 2.75) is 54.9 Å². The van der Waals surface area contributed by atoms with Crippen LogP contribution < -0.4 is 0 Å². The Morgan fingerprint density at radius 2 is 1.57 bits per heavy atom. The largest absolute Gasteiger partial charge is 0.376 e. The van der Waals surface area contributed by atoms with E-state index in [0.29, 0.717) is 5.56 Å². The van der Waals surface area contributed by atoms with Crippen LogP contribution in [-0.2, 0) is 32.3 Å². The van der Waals surface area contributed by atoms with Gasteiger partial charge in [0.05, 0.1) is 6.29 Å². The van der Waals surface area contributed by atoms with Crippen molar-refractivity contribution in [3.63, 3.8) is 0 Å². The molecule has 0 aliphatic carbocycles.